The van der Waals surface area contributed by atoms with Gasteiger partial charge >= 0.3 is 0 Å². The summed E-state index contributed by atoms with van der Waals surface area (Å²) in [4.78, 5) is 11.0. The summed E-state index contributed by atoms with van der Waals surface area (Å²) in [6, 6.07) is 10.7. The predicted octanol–water partition coefficient (Wildman–Crippen LogP) is 1.71. The van der Waals surface area contributed by atoms with Crippen LogP contribution in [0.2, 0.25) is 0 Å². The van der Waals surface area contributed by atoms with Crippen molar-refractivity contribution in [3.8, 4) is 5.75 Å². The lowest BCUT2D eigenvalue weighted by Crippen LogP contribution is -2.08. The Kier molecular flexibility index (Phi) is 2.33. The average Bonchev–Trinajstić information content (AvgIpc) is 2.22. The summed E-state index contributed by atoms with van der Waals surface area (Å²) < 4.78 is 0. The SMILES string of the molecule is BC(=O)Nc1ccc(O)c2ccccc12. The van der Waals surface area contributed by atoms with Crippen molar-refractivity contribution in [2.24, 2.45) is 0 Å². The Morgan fingerprint density at radius 3 is 2.47 bits per heavy atom. The lowest BCUT2D eigenvalue weighted by atomic mass is 10.1. The summed E-state index contributed by atoms with van der Waals surface area (Å²) >= 11 is 0. The Labute approximate surface area is 88.1 Å². The van der Waals surface area contributed by atoms with Gasteiger partial charge in [-0.3, -0.25) is 4.79 Å². The van der Waals surface area contributed by atoms with Gasteiger partial charge in [0.2, 0.25) is 7.85 Å². The van der Waals surface area contributed by atoms with Crippen LogP contribution in [0.5, 0.6) is 5.75 Å². The third-order valence-corrected chi connectivity index (χ3v) is 2.21. The number of nitrogens with one attached hydrogen (secondary N) is 1. The highest BCUT2D eigenvalue weighted by Gasteiger charge is 2.04. The number of rotatable bonds is 1. The van der Waals surface area contributed by atoms with Gasteiger partial charge in [0, 0.05) is 16.5 Å². The van der Waals surface area contributed by atoms with Gasteiger partial charge in [-0.1, -0.05) is 24.3 Å². The molecule has 15 heavy (non-hydrogen) atoms. The lowest BCUT2D eigenvalue weighted by Gasteiger charge is -2.08. The molecular weight excluding hydrogens is 189 g/mol. The van der Waals surface area contributed by atoms with Gasteiger partial charge in [-0.15, -0.1) is 0 Å². The molecule has 4 heteroatoms. The first kappa shape index (κ1) is 9.58. The average molecular weight is 199 g/mol. The molecule has 0 aromatic heterocycles. The number of aromatic hydroxyl groups is 1. The van der Waals surface area contributed by atoms with Gasteiger partial charge in [0.15, 0.2) is 5.81 Å². The third-order valence-electron chi connectivity index (χ3n) is 2.21. The maximum atomic E-state index is 11.0. The second kappa shape index (κ2) is 3.65. The van der Waals surface area contributed by atoms with Crippen LogP contribution in [0, 0.1) is 0 Å². The maximum absolute atomic E-state index is 11.0. The molecule has 0 aliphatic rings. The van der Waals surface area contributed by atoms with Crippen molar-refractivity contribution in [3.05, 3.63) is 36.4 Å². The molecule has 0 atom stereocenters. The summed E-state index contributed by atoms with van der Waals surface area (Å²) in [6.07, 6.45) is 0. The number of carbonyl (C=O) groups is 1. The molecule has 0 bridgehead atoms. The summed E-state index contributed by atoms with van der Waals surface area (Å²) in [5, 5.41) is 13.9. The minimum absolute atomic E-state index is 0.120. The van der Waals surface area contributed by atoms with Gasteiger partial charge in [-0.25, -0.2) is 0 Å². The second-order valence-electron chi connectivity index (χ2n) is 3.36. The molecule has 0 unspecified atom stereocenters. The van der Waals surface area contributed by atoms with Crippen LogP contribution in [0.3, 0.4) is 0 Å². The third kappa shape index (κ3) is 1.79. The predicted molar refractivity (Wildman–Crippen MR) is 63.2 cm³/mol. The van der Waals surface area contributed by atoms with Crippen molar-refractivity contribution >= 4 is 30.1 Å². The van der Waals surface area contributed by atoms with Gasteiger partial charge in [0.05, 0.1) is 0 Å². The molecule has 1 amide bonds. The van der Waals surface area contributed by atoms with Gasteiger partial charge in [-0.05, 0) is 12.1 Å². The fraction of sp³-hybridized carbons (Fsp3) is 0. The monoisotopic (exact) mass is 199 g/mol. The topological polar surface area (TPSA) is 49.3 Å². The highest BCUT2D eigenvalue weighted by molar-refractivity contribution is 6.60. The molecule has 74 valence electrons. The van der Waals surface area contributed by atoms with Crippen molar-refractivity contribution in [2.45, 2.75) is 0 Å². The zero-order valence-corrected chi connectivity index (χ0v) is 8.32. The van der Waals surface area contributed by atoms with Gasteiger partial charge < -0.3 is 10.4 Å². The fourth-order valence-electron chi connectivity index (χ4n) is 1.58. The maximum Gasteiger partial charge on any atom is 0.216 e. The molecule has 0 fully saturated rings. The second-order valence-corrected chi connectivity index (χ2v) is 3.36. The number of hydrogen-bond donors (Lipinski definition) is 2. The first-order chi connectivity index (χ1) is 7.18. The summed E-state index contributed by atoms with van der Waals surface area (Å²) in [5.41, 5.74) is 0.718. The Morgan fingerprint density at radius 1 is 1.13 bits per heavy atom. The molecule has 2 aromatic carbocycles. The molecule has 2 aromatic rings. The van der Waals surface area contributed by atoms with Crippen LogP contribution >= 0.6 is 0 Å². The van der Waals surface area contributed by atoms with Gasteiger partial charge in [0.25, 0.3) is 0 Å². The molecule has 0 aliphatic carbocycles. The Morgan fingerprint density at radius 2 is 1.80 bits per heavy atom. The van der Waals surface area contributed by atoms with E-state index in [1.54, 1.807) is 12.1 Å². The fourth-order valence-corrected chi connectivity index (χ4v) is 1.58. The van der Waals surface area contributed by atoms with E-state index in [-0.39, 0.29) is 11.6 Å². The molecule has 0 spiro atoms. The summed E-state index contributed by atoms with van der Waals surface area (Å²) in [6.45, 7) is 0. The number of hydrogen-bond acceptors (Lipinski definition) is 2. The first-order valence-corrected chi connectivity index (χ1v) is 4.67. The molecule has 0 heterocycles. The molecule has 0 saturated heterocycles. The molecule has 2 rings (SSSR count). The number of phenols is 1. The largest absolute Gasteiger partial charge is 0.507 e. The van der Waals surface area contributed by atoms with Crippen LogP contribution in [0.4, 0.5) is 10.5 Å². The van der Waals surface area contributed by atoms with Gasteiger partial charge in [-0.2, -0.15) is 0 Å². The van der Waals surface area contributed by atoms with Crippen molar-refractivity contribution in [2.75, 3.05) is 5.32 Å². The minimum Gasteiger partial charge on any atom is -0.507 e. The smallest absolute Gasteiger partial charge is 0.216 e. The zero-order chi connectivity index (χ0) is 10.8. The molecule has 0 radical (unpaired) electrons. The first-order valence-electron chi connectivity index (χ1n) is 4.67. The highest BCUT2D eigenvalue weighted by Crippen LogP contribution is 2.30. The van der Waals surface area contributed by atoms with E-state index in [4.69, 9.17) is 0 Å². The Hall–Kier alpha value is -1.97. The number of benzene rings is 2. The molecular formula is C11H10BNO2. The van der Waals surface area contributed by atoms with E-state index >= 15 is 0 Å². The van der Waals surface area contributed by atoms with E-state index in [2.05, 4.69) is 5.32 Å². The molecule has 2 N–H and O–H groups in total. The number of phenolic OH excluding ortho intramolecular Hbond substituents is 1. The molecule has 0 aliphatic heterocycles. The summed E-state index contributed by atoms with van der Waals surface area (Å²) in [7, 11) is 1.46. The van der Waals surface area contributed by atoms with Crippen LogP contribution in [0.15, 0.2) is 36.4 Å². The number of carbonyl (C=O) groups excluding carboxylic acids is 1. The van der Waals surface area contributed by atoms with Crippen LogP contribution < -0.4 is 5.32 Å². The standard InChI is InChI=1S/C11H10BNO2/c12-11(15)13-9-5-6-10(14)8-4-2-1-3-7(8)9/h1-6,14H,12H2,(H,13,15). The van der Waals surface area contributed by atoms with E-state index in [0.717, 1.165) is 16.5 Å². The Balaban J connectivity index is 2.66. The van der Waals surface area contributed by atoms with E-state index < -0.39 is 0 Å². The van der Waals surface area contributed by atoms with Crippen molar-refractivity contribution in [3.63, 3.8) is 0 Å². The van der Waals surface area contributed by atoms with Crippen LogP contribution in [0.1, 0.15) is 0 Å². The number of amides is 1. The van der Waals surface area contributed by atoms with Crippen LogP contribution in [-0.2, 0) is 0 Å². The molecule has 0 saturated carbocycles. The van der Waals surface area contributed by atoms with Crippen LogP contribution in [-0.4, -0.2) is 18.8 Å². The van der Waals surface area contributed by atoms with E-state index in [0.29, 0.717) is 0 Å². The van der Waals surface area contributed by atoms with Crippen molar-refractivity contribution < 1.29 is 9.90 Å². The van der Waals surface area contributed by atoms with Crippen molar-refractivity contribution in [1.82, 2.24) is 0 Å². The number of anilines is 1. The van der Waals surface area contributed by atoms with Crippen molar-refractivity contribution in [1.29, 1.82) is 0 Å². The minimum atomic E-state index is -0.120. The van der Waals surface area contributed by atoms with E-state index in [9.17, 15) is 9.90 Å². The van der Waals surface area contributed by atoms with E-state index in [1.165, 1.54) is 7.85 Å². The Bertz CT molecular complexity index is 525. The van der Waals surface area contributed by atoms with Crippen LogP contribution in [0.25, 0.3) is 10.8 Å². The highest BCUT2D eigenvalue weighted by atomic mass is 16.3. The van der Waals surface area contributed by atoms with Gasteiger partial charge in [0.1, 0.15) is 5.75 Å². The summed E-state index contributed by atoms with van der Waals surface area (Å²) in [5.74, 6) is 0.102. The molecule has 3 nitrogen and oxygen atoms in total. The number of fused-ring (bicyclic) bond motifs is 1. The van der Waals surface area contributed by atoms with E-state index in [1.807, 2.05) is 24.3 Å². The lowest BCUT2D eigenvalue weighted by molar-refractivity contribution is 0.269. The normalized spacial score (nSPS) is 10.1. The zero-order valence-electron chi connectivity index (χ0n) is 8.32. The quantitative estimate of drug-likeness (QED) is 0.542.